The summed E-state index contributed by atoms with van der Waals surface area (Å²) >= 11 is 6.30. The molecule has 5 heteroatoms. The molecule has 1 N–H and O–H groups in total. The highest BCUT2D eigenvalue weighted by molar-refractivity contribution is 6.32. The summed E-state index contributed by atoms with van der Waals surface area (Å²) in [5.74, 6) is 0.975. The summed E-state index contributed by atoms with van der Waals surface area (Å²) in [4.78, 5) is 12.4. The topological polar surface area (TPSA) is 47.6 Å². The Balaban J connectivity index is 1.77. The first-order valence-electron chi connectivity index (χ1n) is 9.02. The van der Waals surface area contributed by atoms with Gasteiger partial charge in [-0.25, -0.2) is 0 Å². The third-order valence-corrected chi connectivity index (χ3v) is 4.53. The Morgan fingerprint density at radius 1 is 1.15 bits per heavy atom. The van der Waals surface area contributed by atoms with Crippen molar-refractivity contribution in [3.05, 3.63) is 58.6 Å². The lowest BCUT2D eigenvalue weighted by molar-refractivity contribution is -0.111. The number of rotatable bonds is 3. The van der Waals surface area contributed by atoms with E-state index in [2.05, 4.69) is 26.1 Å². The summed E-state index contributed by atoms with van der Waals surface area (Å²) < 4.78 is 11.3. The van der Waals surface area contributed by atoms with Crippen LogP contribution in [0.25, 0.3) is 6.08 Å². The van der Waals surface area contributed by atoms with Gasteiger partial charge in [-0.3, -0.25) is 4.79 Å². The highest BCUT2D eigenvalue weighted by atomic mass is 35.5. The van der Waals surface area contributed by atoms with Gasteiger partial charge in [0, 0.05) is 18.2 Å². The number of hydrogen-bond acceptors (Lipinski definition) is 3. The molecule has 1 aliphatic heterocycles. The maximum atomic E-state index is 12.4. The van der Waals surface area contributed by atoms with E-state index in [1.165, 1.54) is 6.08 Å². The second-order valence-corrected chi connectivity index (χ2v) is 7.91. The molecule has 0 radical (unpaired) electrons. The fourth-order valence-electron chi connectivity index (χ4n) is 2.94. The molecule has 3 rings (SSSR count). The minimum Gasteiger partial charge on any atom is -0.489 e. The van der Waals surface area contributed by atoms with Gasteiger partial charge in [-0.15, -0.1) is 0 Å². The van der Waals surface area contributed by atoms with E-state index in [1.54, 1.807) is 12.1 Å². The molecule has 0 aromatic heterocycles. The summed E-state index contributed by atoms with van der Waals surface area (Å²) in [5.41, 5.74) is 2.63. The van der Waals surface area contributed by atoms with Crippen LogP contribution in [0.4, 0.5) is 5.69 Å². The second kappa shape index (κ2) is 8.05. The monoisotopic (exact) mass is 385 g/mol. The Labute approximate surface area is 165 Å². The number of halogens is 1. The smallest absolute Gasteiger partial charge is 0.248 e. The van der Waals surface area contributed by atoms with E-state index < -0.39 is 0 Å². The van der Waals surface area contributed by atoms with Gasteiger partial charge in [0.2, 0.25) is 5.91 Å². The van der Waals surface area contributed by atoms with E-state index in [9.17, 15) is 4.79 Å². The minimum atomic E-state index is -0.199. The van der Waals surface area contributed by atoms with Crippen molar-refractivity contribution in [3.8, 4) is 11.5 Å². The van der Waals surface area contributed by atoms with Crippen molar-refractivity contribution in [3.63, 3.8) is 0 Å². The molecule has 27 heavy (non-hydrogen) atoms. The van der Waals surface area contributed by atoms with Crippen LogP contribution in [-0.4, -0.2) is 19.1 Å². The van der Waals surface area contributed by atoms with E-state index in [1.807, 2.05) is 30.3 Å². The van der Waals surface area contributed by atoms with Gasteiger partial charge in [-0.1, -0.05) is 50.6 Å². The molecule has 2 aromatic carbocycles. The molecule has 0 fully saturated rings. The first-order chi connectivity index (χ1) is 12.8. The number of hydrogen-bond donors (Lipinski definition) is 1. The van der Waals surface area contributed by atoms with Crippen LogP contribution in [-0.2, 0) is 10.2 Å². The number of nitrogens with one attached hydrogen (secondary N) is 1. The molecule has 1 amide bonds. The third-order valence-electron chi connectivity index (χ3n) is 4.24. The lowest BCUT2D eigenvalue weighted by atomic mass is 9.86. The second-order valence-electron chi connectivity index (χ2n) is 7.50. The predicted octanol–water partition coefficient (Wildman–Crippen LogP) is 5.45. The van der Waals surface area contributed by atoms with Crippen molar-refractivity contribution in [2.75, 3.05) is 18.5 Å². The van der Waals surface area contributed by atoms with Gasteiger partial charge in [0.25, 0.3) is 0 Å². The van der Waals surface area contributed by atoms with E-state index >= 15 is 0 Å². The van der Waals surface area contributed by atoms with Crippen molar-refractivity contribution in [1.29, 1.82) is 0 Å². The van der Waals surface area contributed by atoms with Gasteiger partial charge in [-0.2, -0.15) is 0 Å². The van der Waals surface area contributed by atoms with E-state index in [0.29, 0.717) is 29.7 Å². The maximum Gasteiger partial charge on any atom is 0.248 e. The normalized spacial score (nSPS) is 14.1. The molecule has 0 aliphatic carbocycles. The number of amides is 1. The van der Waals surface area contributed by atoms with Gasteiger partial charge in [-0.05, 0) is 40.8 Å². The van der Waals surface area contributed by atoms with Crippen LogP contribution in [0.1, 0.15) is 38.3 Å². The summed E-state index contributed by atoms with van der Waals surface area (Å²) in [5, 5.41) is 3.44. The summed E-state index contributed by atoms with van der Waals surface area (Å²) in [6.07, 6.45) is 4.02. The fourth-order valence-corrected chi connectivity index (χ4v) is 3.21. The molecule has 4 nitrogen and oxygen atoms in total. The Morgan fingerprint density at radius 3 is 2.67 bits per heavy atom. The Morgan fingerprint density at radius 2 is 1.89 bits per heavy atom. The van der Waals surface area contributed by atoms with Crippen LogP contribution >= 0.6 is 11.6 Å². The molecule has 0 saturated heterocycles. The van der Waals surface area contributed by atoms with Gasteiger partial charge in [0.15, 0.2) is 11.5 Å². The average molecular weight is 386 g/mol. The van der Waals surface area contributed by atoms with Crippen LogP contribution in [0, 0.1) is 0 Å². The van der Waals surface area contributed by atoms with Crippen LogP contribution in [0.5, 0.6) is 11.5 Å². The molecule has 2 aromatic rings. The summed E-state index contributed by atoms with van der Waals surface area (Å²) in [7, 11) is 0. The quantitative estimate of drug-likeness (QED) is 0.714. The first-order valence-corrected chi connectivity index (χ1v) is 9.40. The number of benzene rings is 2. The van der Waals surface area contributed by atoms with Crippen molar-refractivity contribution in [1.82, 2.24) is 0 Å². The minimum absolute atomic E-state index is 0.0601. The van der Waals surface area contributed by atoms with Crippen molar-refractivity contribution in [2.24, 2.45) is 0 Å². The van der Waals surface area contributed by atoms with E-state index in [4.69, 9.17) is 21.1 Å². The SMILES string of the molecule is CC(C)(C)c1ccccc1NC(=O)/C=C/c1cc(Cl)c2c(c1)OCCCO2. The number of para-hydroxylation sites is 1. The van der Waals surface area contributed by atoms with Crippen LogP contribution in [0.2, 0.25) is 5.02 Å². The van der Waals surface area contributed by atoms with Crippen molar-refractivity contribution < 1.29 is 14.3 Å². The molecule has 0 bridgehead atoms. The number of ether oxygens (including phenoxy) is 2. The first kappa shape index (κ1) is 19.3. The Bertz CT molecular complexity index is 868. The Hall–Kier alpha value is -2.46. The molecule has 0 unspecified atom stereocenters. The molecule has 1 aliphatic rings. The van der Waals surface area contributed by atoms with E-state index in [-0.39, 0.29) is 11.3 Å². The molecule has 0 spiro atoms. The lowest BCUT2D eigenvalue weighted by Crippen LogP contribution is -2.17. The largest absolute Gasteiger partial charge is 0.489 e. The zero-order valence-corrected chi connectivity index (χ0v) is 16.6. The van der Waals surface area contributed by atoms with Crippen LogP contribution in [0.15, 0.2) is 42.5 Å². The number of fused-ring (bicyclic) bond motifs is 1. The molecule has 0 atom stereocenters. The number of carbonyl (C=O) groups is 1. The highest BCUT2D eigenvalue weighted by Gasteiger charge is 2.18. The zero-order valence-electron chi connectivity index (χ0n) is 15.8. The maximum absolute atomic E-state index is 12.4. The van der Waals surface area contributed by atoms with Crippen molar-refractivity contribution >= 4 is 29.3 Å². The molecule has 142 valence electrons. The van der Waals surface area contributed by atoms with Gasteiger partial charge < -0.3 is 14.8 Å². The molecule has 0 saturated carbocycles. The van der Waals surface area contributed by atoms with Crippen LogP contribution in [0.3, 0.4) is 0 Å². The average Bonchev–Trinajstić information content (AvgIpc) is 2.85. The summed E-state index contributed by atoms with van der Waals surface area (Å²) in [6, 6.07) is 11.4. The highest BCUT2D eigenvalue weighted by Crippen LogP contribution is 2.38. The summed E-state index contributed by atoms with van der Waals surface area (Å²) in [6.45, 7) is 7.52. The lowest BCUT2D eigenvalue weighted by Gasteiger charge is -2.22. The molecular weight excluding hydrogens is 362 g/mol. The van der Waals surface area contributed by atoms with Crippen LogP contribution < -0.4 is 14.8 Å². The van der Waals surface area contributed by atoms with Crippen molar-refractivity contribution in [2.45, 2.75) is 32.6 Å². The fraction of sp³-hybridized carbons (Fsp3) is 0.318. The Kier molecular flexibility index (Phi) is 5.76. The van der Waals surface area contributed by atoms with Gasteiger partial charge in [0.1, 0.15) is 0 Å². The molecule has 1 heterocycles. The number of anilines is 1. The molecular formula is C22H24ClNO3. The van der Waals surface area contributed by atoms with Gasteiger partial charge >= 0.3 is 0 Å². The van der Waals surface area contributed by atoms with Gasteiger partial charge in [0.05, 0.1) is 18.2 Å². The predicted molar refractivity (Wildman–Crippen MR) is 110 cm³/mol. The third kappa shape index (κ3) is 4.83. The number of carbonyl (C=O) groups excluding carboxylic acids is 1. The zero-order chi connectivity index (χ0) is 19.4. The van der Waals surface area contributed by atoms with E-state index in [0.717, 1.165) is 23.2 Å². The standard InChI is InChI=1S/C22H24ClNO3/c1-22(2,3)16-7-4-5-8-18(16)24-20(25)10-9-15-13-17(23)21-19(14-15)26-11-6-12-27-21/h4-5,7-10,13-14H,6,11-12H2,1-3H3,(H,24,25)/b10-9+.